The van der Waals surface area contributed by atoms with Gasteiger partial charge in [-0.05, 0) is 52.0 Å². The van der Waals surface area contributed by atoms with Gasteiger partial charge in [-0.2, -0.15) is 0 Å². The Morgan fingerprint density at radius 2 is 0.500 bits per heavy atom. The van der Waals surface area contributed by atoms with Gasteiger partial charge in [0.05, 0.1) is 0 Å². The summed E-state index contributed by atoms with van der Waals surface area (Å²) in [6.07, 6.45) is 0. The standard InChI is InChI=1S/C42H30Si2/c1-7-19-37(20-8-1)31-34-43(35-32-38-21-9-2-10-22-38,36-33-39-23-11-3-12-24-39)44(40-25-13-4-14-26-40,41-27-15-5-16-28-41)42-29-17-6-18-30-42/h1-30H. The van der Waals surface area contributed by atoms with Crippen LogP contribution in [0.5, 0.6) is 0 Å². The Balaban J connectivity index is 1.81. The van der Waals surface area contributed by atoms with E-state index in [0.29, 0.717) is 0 Å². The average molecular weight is 591 g/mol. The molecule has 44 heavy (non-hydrogen) atoms. The minimum atomic E-state index is -3.29. The monoisotopic (exact) mass is 590 g/mol. The fraction of sp³-hybridized carbons (Fsp3) is 0. The summed E-state index contributed by atoms with van der Waals surface area (Å²) in [7, 11) is -6.34. The summed E-state index contributed by atoms with van der Waals surface area (Å²) in [5, 5.41) is 3.78. The molecule has 6 aromatic rings. The summed E-state index contributed by atoms with van der Waals surface area (Å²) in [6.45, 7) is 0. The normalized spacial score (nSPS) is 10.6. The van der Waals surface area contributed by atoms with E-state index in [1.165, 1.54) is 15.6 Å². The Labute approximate surface area is 262 Å². The van der Waals surface area contributed by atoms with Crippen molar-refractivity contribution in [3.8, 4) is 34.4 Å². The lowest BCUT2D eigenvalue weighted by atomic mass is 10.2. The van der Waals surface area contributed by atoms with Crippen molar-refractivity contribution in [2.75, 3.05) is 0 Å². The van der Waals surface area contributed by atoms with Crippen molar-refractivity contribution >= 4 is 30.7 Å². The molecule has 0 N–H and O–H groups in total. The van der Waals surface area contributed by atoms with Crippen molar-refractivity contribution in [3.05, 3.63) is 199 Å². The Kier molecular flexibility index (Phi) is 8.83. The molecule has 0 nitrogen and oxygen atoms in total. The van der Waals surface area contributed by atoms with E-state index < -0.39 is 15.2 Å². The summed E-state index contributed by atoms with van der Waals surface area (Å²) in [4.78, 5) is 0. The summed E-state index contributed by atoms with van der Waals surface area (Å²) < 4.78 is 0. The van der Waals surface area contributed by atoms with Crippen molar-refractivity contribution in [3.63, 3.8) is 0 Å². The van der Waals surface area contributed by atoms with Gasteiger partial charge in [-0.15, -0.1) is 0 Å². The number of hydrogen-bond acceptors (Lipinski definition) is 0. The van der Waals surface area contributed by atoms with Crippen LogP contribution >= 0.6 is 0 Å². The Hall–Kier alpha value is -5.57. The second-order valence-electron chi connectivity index (χ2n) is 10.4. The molecule has 0 atom stereocenters. The first-order valence-electron chi connectivity index (χ1n) is 14.7. The zero-order chi connectivity index (χ0) is 29.9. The van der Waals surface area contributed by atoms with Crippen LogP contribution in [0, 0.1) is 34.4 Å². The highest BCUT2D eigenvalue weighted by atomic mass is 29.3. The molecular formula is C42H30Si2. The third kappa shape index (κ3) is 5.98. The largest absolute Gasteiger partial charge is 0.292 e. The third-order valence-electron chi connectivity index (χ3n) is 7.69. The zero-order valence-corrected chi connectivity index (χ0v) is 26.3. The molecule has 0 aliphatic rings. The van der Waals surface area contributed by atoms with E-state index in [9.17, 15) is 0 Å². The van der Waals surface area contributed by atoms with E-state index in [1.807, 2.05) is 54.6 Å². The molecule has 0 bridgehead atoms. The molecule has 6 aromatic carbocycles. The highest BCUT2D eigenvalue weighted by Gasteiger charge is 2.58. The maximum Gasteiger partial charge on any atom is 0.292 e. The molecule has 0 aliphatic heterocycles. The van der Waals surface area contributed by atoms with Gasteiger partial charge in [0.1, 0.15) is 0 Å². The molecule has 2 heteroatoms. The first kappa shape index (κ1) is 28.5. The van der Waals surface area contributed by atoms with Gasteiger partial charge in [0.2, 0.25) is 0 Å². The van der Waals surface area contributed by atoms with Gasteiger partial charge in [-0.1, -0.05) is 180 Å². The molecule has 0 spiro atoms. The molecule has 206 valence electrons. The van der Waals surface area contributed by atoms with Crippen molar-refractivity contribution in [1.82, 2.24) is 0 Å². The first-order valence-corrected chi connectivity index (χ1v) is 19.7. The SMILES string of the molecule is C(#C[Si](C#Cc1ccccc1)(C#Cc1ccccc1)[Si](c1ccccc1)(c1ccccc1)c1ccccc1)c1ccccc1. The summed E-state index contributed by atoms with van der Waals surface area (Å²) in [5.41, 5.74) is 14.7. The van der Waals surface area contributed by atoms with E-state index in [1.54, 1.807) is 0 Å². The second-order valence-corrected chi connectivity index (χ2v) is 20.4. The first-order chi connectivity index (χ1) is 21.8. The lowest BCUT2D eigenvalue weighted by molar-refractivity contribution is 1.65. The van der Waals surface area contributed by atoms with Crippen LogP contribution in [-0.4, -0.2) is 15.2 Å². The topological polar surface area (TPSA) is 0 Å². The summed E-state index contributed by atoms with van der Waals surface area (Å²) >= 11 is 0. The van der Waals surface area contributed by atoms with Gasteiger partial charge in [0.25, 0.3) is 7.59 Å². The van der Waals surface area contributed by atoms with E-state index in [4.69, 9.17) is 0 Å². The molecule has 0 aliphatic carbocycles. The van der Waals surface area contributed by atoms with Crippen molar-refractivity contribution < 1.29 is 0 Å². The minimum Gasteiger partial charge on any atom is -0.0973 e. The molecule has 6 rings (SSSR count). The fourth-order valence-corrected chi connectivity index (χ4v) is 19.4. The Morgan fingerprint density at radius 3 is 0.750 bits per heavy atom. The van der Waals surface area contributed by atoms with Crippen LogP contribution in [0.4, 0.5) is 0 Å². The molecule has 0 amide bonds. The molecule has 0 saturated heterocycles. The predicted octanol–water partition coefficient (Wildman–Crippen LogP) is 6.46. The zero-order valence-electron chi connectivity index (χ0n) is 24.3. The highest BCUT2D eigenvalue weighted by molar-refractivity contribution is 7.63. The van der Waals surface area contributed by atoms with Gasteiger partial charge in [0, 0.05) is 16.7 Å². The second kappa shape index (κ2) is 13.6. The van der Waals surface area contributed by atoms with Crippen LogP contribution in [0.25, 0.3) is 0 Å². The fourth-order valence-electron chi connectivity index (χ4n) is 5.65. The van der Waals surface area contributed by atoms with Crippen LogP contribution in [0.15, 0.2) is 182 Å². The maximum absolute atomic E-state index is 3.93. The molecule has 0 radical (unpaired) electrons. The molecule has 0 heterocycles. The van der Waals surface area contributed by atoms with Crippen LogP contribution in [0.2, 0.25) is 0 Å². The van der Waals surface area contributed by atoms with Gasteiger partial charge < -0.3 is 0 Å². The van der Waals surface area contributed by atoms with Crippen LogP contribution < -0.4 is 15.6 Å². The highest BCUT2D eigenvalue weighted by Crippen LogP contribution is 2.21. The van der Waals surface area contributed by atoms with Crippen molar-refractivity contribution in [2.45, 2.75) is 0 Å². The van der Waals surface area contributed by atoms with E-state index in [2.05, 4.69) is 162 Å². The third-order valence-corrected chi connectivity index (χ3v) is 21.0. The quantitative estimate of drug-likeness (QED) is 0.126. The lowest BCUT2D eigenvalue weighted by Crippen LogP contribution is -2.82. The number of benzene rings is 6. The Bertz CT molecular complexity index is 1750. The number of hydrogen-bond donors (Lipinski definition) is 0. The smallest absolute Gasteiger partial charge is 0.0973 e. The van der Waals surface area contributed by atoms with Gasteiger partial charge in [-0.25, -0.2) is 0 Å². The van der Waals surface area contributed by atoms with Gasteiger partial charge in [0.15, 0.2) is 7.59 Å². The molecule has 0 aromatic heterocycles. The van der Waals surface area contributed by atoms with Crippen LogP contribution in [0.1, 0.15) is 16.7 Å². The minimum absolute atomic E-state index is 0.962. The maximum atomic E-state index is 3.93. The van der Waals surface area contributed by atoms with E-state index >= 15 is 0 Å². The van der Waals surface area contributed by atoms with Crippen LogP contribution in [-0.2, 0) is 0 Å². The van der Waals surface area contributed by atoms with E-state index in [0.717, 1.165) is 16.7 Å². The average Bonchev–Trinajstić information content (AvgIpc) is 3.12. The molecule has 0 fully saturated rings. The molecule has 0 unspecified atom stereocenters. The van der Waals surface area contributed by atoms with E-state index in [-0.39, 0.29) is 0 Å². The van der Waals surface area contributed by atoms with Crippen LogP contribution in [0.3, 0.4) is 0 Å². The summed E-state index contributed by atoms with van der Waals surface area (Å²) in [5.74, 6) is 10.8. The Morgan fingerprint density at radius 1 is 0.273 bits per heavy atom. The van der Waals surface area contributed by atoms with Crippen molar-refractivity contribution in [2.24, 2.45) is 0 Å². The van der Waals surface area contributed by atoms with Gasteiger partial charge in [-0.3, -0.25) is 0 Å². The van der Waals surface area contributed by atoms with Gasteiger partial charge >= 0.3 is 0 Å². The number of rotatable bonds is 4. The molecular weight excluding hydrogens is 561 g/mol. The summed E-state index contributed by atoms with van der Waals surface area (Å²) in [6, 6.07) is 63.4. The van der Waals surface area contributed by atoms with Crippen molar-refractivity contribution in [1.29, 1.82) is 0 Å². The molecule has 0 saturated carbocycles. The predicted molar refractivity (Wildman–Crippen MR) is 190 cm³/mol. The lowest BCUT2D eigenvalue weighted by Gasteiger charge is -2.40.